The van der Waals surface area contributed by atoms with E-state index in [4.69, 9.17) is 25.8 Å². The predicted octanol–water partition coefficient (Wildman–Crippen LogP) is 6.21. The maximum atomic E-state index is 12.7. The summed E-state index contributed by atoms with van der Waals surface area (Å²) in [5.41, 5.74) is 2.38. The summed E-state index contributed by atoms with van der Waals surface area (Å²) < 4.78 is 46.0. The molecule has 0 bridgehead atoms. The van der Waals surface area contributed by atoms with Gasteiger partial charge in [0, 0.05) is 25.3 Å². The lowest BCUT2D eigenvalue weighted by Gasteiger charge is -2.45. The summed E-state index contributed by atoms with van der Waals surface area (Å²) in [5, 5.41) is 6.50. The second kappa shape index (κ2) is 18.0. The van der Waals surface area contributed by atoms with E-state index in [0.29, 0.717) is 30.2 Å². The molecule has 1 aliphatic carbocycles. The number of aromatic nitrogens is 2. The van der Waals surface area contributed by atoms with E-state index in [2.05, 4.69) is 52.6 Å². The van der Waals surface area contributed by atoms with Crippen LogP contribution in [0.25, 0.3) is 0 Å². The van der Waals surface area contributed by atoms with Crippen molar-refractivity contribution >= 4 is 33.4 Å². The number of carbonyl (C=O) groups is 2. The summed E-state index contributed by atoms with van der Waals surface area (Å²) in [4.78, 5) is 26.9. The molecule has 2 heterocycles. The molecule has 0 N–H and O–H groups in total. The molecule has 1 aromatic carbocycles. The minimum Gasteiger partial charge on any atom is -0.470 e. The molecule has 0 amide bonds. The molecule has 1 saturated carbocycles. The first-order valence-corrected chi connectivity index (χ1v) is 18.8. The number of likely N-dealkylation sites (tertiary alicyclic amines) is 1. The molecule has 4 rings (SSSR count). The smallest absolute Gasteiger partial charge is 0.305 e. The molecule has 0 radical (unpaired) electrons. The molecular weight excluding hydrogens is 670 g/mol. The van der Waals surface area contributed by atoms with Gasteiger partial charge in [-0.2, -0.15) is 0 Å². The minimum atomic E-state index is -3.99. The number of rotatable bonds is 18. The van der Waals surface area contributed by atoms with Crippen molar-refractivity contribution < 1.29 is 36.8 Å². The van der Waals surface area contributed by atoms with Crippen LogP contribution < -0.4 is 4.74 Å². The molecule has 11 nitrogen and oxygen atoms in total. The Morgan fingerprint density at radius 2 is 1.73 bits per heavy atom. The molecule has 13 heteroatoms. The average molecular weight is 718 g/mol. The normalized spacial score (nSPS) is 21.8. The Kier molecular flexibility index (Phi) is 14.0. The van der Waals surface area contributed by atoms with Crippen molar-refractivity contribution in [3.63, 3.8) is 0 Å². The zero-order valence-corrected chi connectivity index (χ0v) is 29.9. The summed E-state index contributed by atoms with van der Waals surface area (Å²) in [7, 11) is -3.99. The summed E-state index contributed by atoms with van der Waals surface area (Å²) in [6.45, 7) is 17.9. The zero-order chi connectivity index (χ0) is 35.4. The van der Waals surface area contributed by atoms with Gasteiger partial charge in [0.2, 0.25) is 9.84 Å². The molecule has 3 atom stereocenters. The lowest BCUT2D eigenvalue weighted by atomic mass is 9.61. The van der Waals surface area contributed by atoms with Crippen LogP contribution in [0, 0.1) is 23.2 Å². The van der Waals surface area contributed by atoms with Crippen molar-refractivity contribution in [2.75, 3.05) is 45.3 Å². The average Bonchev–Trinajstić information content (AvgIpc) is 3.59. The highest BCUT2D eigenvalue weighted by molar-refractivity contribution is 7.91. The van der Waals surface area contributed by atoms with Crippen molar-refractivity contribution in [1.82, 2.24) is 15.2 Å². The summed E-state index contributed by atoms with van der Waals surface area (Å²) in [6, 6.07) is 7.69. The fourth-order valence-corrected chi connectivity index (χ4v) is 7.94. The minimum absolute atomic E-state index is 0.0137. The van der Waals surface area contributed by atoms with E-state index in [1.54, 1.807) is 18.2 Å². The third kappa shape index (κ3) is 10.5. The van der Waals surface area contributed by atoms with Gasteiger partial charge in [-0.3, -0.25) is 14.5 Å². The maximum Gasteiger partial charge on any atom is 0.305 e. The molecule has 1 aliphatic heterocycles. The number of nitrogens with zero attached hydrogens (tertiary/aromatic N) is 3. The topological polar surface area (TPSA) is 138 Å². The Bertz CT molecular complexity index is 1550. The SMILES string of the molecule is C=C[C@]1(C)CC[C@@H](C(=C)CN2CCC(COC(=O)CCCC(=O)OCCOc3nonc3S(=O)(=O)c3ccccc3)CC2)C[C@H]1C(=C)CCl. The second-order valence-corrected chi connectivity index (χ2v) is 15.3. The van der Waals surface area contributed by atoms with E-state index >= 15 is 0 Å². The van der Waals surface area contributed by atoms with E-state index in [-0.39, 0.29) is 54.6 Å². The van der Waals surface area contributed by atoms with E-state index < -0.39 is 20.8 Å². The van der Waals surface area contributed by atoms with Gasteiger partial charge < -0.3 is 14.2 Å². The lowest BCUT2D eigenvalue weighted by Crippen LogP contribution is -2.39. The van der Waals surface area contributed by atoms with Crippen LogP contribution in [0.5, 0.6) is 5.88 Å². The molecule has 268 valence electrons. The monoisotopic (exact) mass is 717 g/mol. The number of piperidine rings is 1. The standard InChI is InChI=1S/C36H48ClN3O8S/c1-5-36(4)17-14-29(22-31(36)26(2)23-37)27(3)24-40-18-15-28(16-19-40)25-47-33(42)13-9-12-32(41)45-20-21-46-34-35(39-48-38-34)49(43,44)30-10-7-6-8-11-30/h5-8,10-11,28-29,31H,1-3,9,12-25H2,4H3/t29-,31+,36-/m1/s1. The highest BCUT2D eigenvalue weighted by Crippen LogP contribution is 2.49. The van der Waals surface area contributed by atoms with Gasteiger partial charge in [0.15, 0.2) is 0 Å². The number of ether oxygens (including phenoxy) is 3. The van der Waals surface area contributed by atoms with Crippen LogP contribution in [0.1, 0.15) is 58.3 Å². The number of hydrogen-bond acceptors (Lipinski definition) is 11. The van der Waals surface area contributed by atoms with Gasteiger partial charge in [-0.25, -0.2) is 13.0 Å². The Morgan fingerprint density at radius 3 is 2.41 bits per heavy atom. The predicted molar refractivity (Wildman–Crippen MR) is 185 cm³/mol. The fraction of sp³-hybridized carbons (Fsp3) is 0.556. The van der Waals surface area contributed by atoms with Crippen LogP contribution >= 0.6 is 11.6 Å². The van der Waals surface area contributed by atoms with Gasteiger partial charge in [0.1, 0.15) is 13.2 Å². The number of hydrogen-bond donors (Lipinski definition) is 0. The molecule has 2 aliphatic rings. The number of benzene rings is 1. The van der Waals surface area contributed by atoms with Crippen molar-refractivity contribution in [3.8, 4) is 5.88 Å². The van der Waals surface area contributed by atoms with E-state index in [0.717, 1.165) is 57.3 Å². The van der Waals surface area contributed by atoms with Crippen LogP contribution in [0.3, 0.4) is 0 Å². The Balaban J connectivity index is 1.06. The molecule has 0 unspecified atom stereocenters. The van der Waals surface area contributed by atoms with Crippen molar-refractivity contribution in [3.05, 3.63) is 67.3 Å². The van der Waals surface area contributed by atoms with E-state index in [1.165, 1.54) is 17.7 Å². The summed E-state index contributed by atoms with van der Waals surface area (Å²) >= 11 is 6.17. The highest BCUT2D eigenvalue weighted by atomic mass is 35.5. The highest BCUT2D eigenvalue weighted by Gasteiger charge is 2.40. The molecule has 2 aromatic rings. The van der Waals surface area contributed by atoms with Gasteiger partial charge in [-0.15, -0.1) is 18.2 Å². The third-order valence-corrected chi connectivity index (χ3v) is 11.7. The van der Waals surface area contributed by atoms with Crippen LogP contribution in [0.2, 0.25) is 0 Å². The third-order valence-electron chi connectivity index (χ3n) is 9.76. The number of alkyl halides is 1. The molecule has 1 saturated heterocycles. The van der Waals surface area contributed by atoms with E-state index in [9.17, 15) is 18.0 Å². The van der Waals surface area contributed by atoms with Crippen LogP contribution in [-0.2, 0) is 28.9 Å². The number of halogens is 1. The van der Waals surface area contributed by atoms with E-state index in [1.807, 2.05) is 0 Å². The van der Waals surface area contributed by atoms with Crippen molar-refractivity contribution in [2.24, 2.45) is 23.2 Å². The summed E-state index contributed by atoms with van der Waals surface area (Å²) in [6.07, 6.45) is 7.56. The quantitative estimate of drug-likeness (QED) is 0.0753. The zero-order valence-electron chi connectivity index (χ0n) is 28.3. The van der Waals surface area contributed by atoms with Gasteiger partial charge >= 0.3 is 11.9 Å². The van der Waals surface area contributed by atoms with Gasteiger partial charge in [-0.05, 0) is 97.2 Å². The first kappa shape index (κ1) is 38.3. The Morgan fingerprint density at radius 1 is 1.04 bits per heavy atom. The molecule has 1 aromatic heterocycles. The van der Waals surface area contributed by atoms with Crippen molar-refractivity contribution in [1.29, 1.82) is 0 Å². The van der Waals surface area contributed by atoms with Crippen molar-refractivity contribution in [2.45, 2.75) is 68.2 Å². The van der Waals surface area contributed by atoms with Crippen LogP contribution in [0.15, 0.2) is 81.8 Å². The second-order valence-electron chi connectivity index (χ2n) is 13.2. The molecule has 49 heavy (non-hydrogen) atoms. The molecule has 2 fully saturated rings. The first-order valence-electron chi connectivity index (χ1n) is 16.8. The maximum absolute atomic E-state index is 12.7. The van der Waals surface area contributed by atoms with Crippen LogP contribution in [-0.4, -0.2) is 80.9 Å². The van der Waals surface area contributed by atoms with Gasteiger partial charge in [0.05, 0.1) is 11.5 Å². The number of esters is 2. The molecule has 0 spiro atoms. The van der Waals surface area contributed by atoms with Gasteiger partial charge in [-0.1, -0.05) is 55.5 Å². The number of carbonyl (C=O) groups excluding carboxylic acids is 2. The summed E-state index contributed by atoms with van der Waals surface area (Å²) in [5.74, 6) is 0.362. The fourth-order valence-electron chi connectivity index (χ4n) is 6.56. The number of sulfone groups is 1. The lowest BCUT2D eigenvalue weighted by molar-refractivity contribution is -0.146. The Labute approximate surface area is 294 Å². The van der Waals surface area contributed by atoms with Crippen LogP contribution in [0.4, 0.5) is 0 Å². The number of allylic oxidation sites excluding steroid dienone is 2. The largest absolute Gasteiger partial charge is 0.470 e. The first-order chi connectivity index (χ1) is 23.5. The Hall–Kier alpha value is -3.48. The van der Waals surface area contributed by atoms with Gasteiger partial charge in [0.25, 0.3) is 10.9 Å². The molecular formula is C36H48ClN3O8S.